The van der Waals surface area contributed by atoms with Crippen LogP contribution in [0.2, 0.25) is 0 Å². The highest BCUT2D eigenvalue weighted by molar-refractivity contribution is 5.94. The van der Waals surface area contributed by atoms with Gasteiger partial charge in [-0.3, -0.25) is 9.89 Å². The number of benzene rings is 1. The lowest BCUT2D eigenvalue weighted by Gasteiger charge is -2.02. The molecule has 0 spiro atoms. The number of nitrogens with zero attached hydrogens (tertiary/aromatic N) is 3. The molecule has 0 saturated heterocycles. The normalized spacial score (nSPS) is 10.9. The average Bonchev–Trinajstić information content (AvgIpc) is 3.24. The van der Waals surface area contributed by atoms with E-state index in [0.29, 0.717) is 17.1 Å². The van der Waals surface area contributed by atoms with Gasteiger partial charge in [0.15, 0.2) is 0 Å². The minimum Gasteiger partial charge on any atom is -0.496 e. The van der Waals surface area contributed by atoms with Gasteiger partial charge in [0.2, 0.25) is 0 Å². The van der Waals surface area contributed by atoms with Crippen LogP contribution in [0.5, 0.6) is 5.75 Å². The molecule has 7 nitrogen and oxygen atoms in total. The lowest BCUT2D eigenvalue weighted by atomic mass is 10.2. The van der Waals surface area contributed by atoms with Crippen molar-refractivity contribution >= 4 is 12.1 Å². The van der Waals surface area contributed by atoms with Crippen molar-refractivity contribution < 1.29 is 9.53 Å². The zero-order valence-corrected chi connectivity index (χ0v) is 13.4. The first-order chi connectivity index (χ1) is 11.7. The summed E-state index contributed by atoms with van der Waals surface area (Å²) in [6, 6.07) is 12.9. The molecular formula is C17H17N5O2. The second-order valence-electron chi connectivity index (χ2n) is 5.11. The van der Waals surface area contributed by atoms with Gasteiger partial charge in [-0.15, -0.1) is 0 Å². The van der Waals surface area contributed by atoms with Crippen LogP contribution in [0.4, 0.5) is 0 Å². The van der Waals surface area contributed by atoms with Crippen molar-refractivity contribution in [1.82, 2.24) is 20.2 Å². The van der Waals surface area contributed by atoms with Crippen LogP contribution >= 0.6 is 0 Å². The molecular weight excluding hydrogens is 306 g/mol. The van der Waals surface area contributed by atoms with Gasteiger partial charge in [-0.2, -0.15) is 10.2 Å². The highest BCUT2D eigenvalue weighted by Crippen LogP contribution is 2.17. The van der Waals surface area contributed by atoms with Gasteiger partial charge in [-0.05, 0) is 30.3 Å². The van der Waals surface area contributed by atoms with E-state index in [0.717, 1.165) is 11.3 Å². The Hall–Kier alpha value is -3.35. The molecule has 0 bridgehead atoms. The zero-order chi connectivity index (χ0) is 16.9. The molecule has 3 aromatic rings. The number of methoxy groups -OCH3 is 1. The smallest absolute Gasteiger partial charge is 0.289 e. The standard InChI is InChI=1S/C17H17N5O2/c1-22-9-5-7-15(22)13-10-14(20-19-13)17(23)21-18-11-12-6-3-4-8-16(12)24-2/h3-11H,1-2H3,(H,19,20)(H,21,23). The van der Waals surface area contributed by atoms with Gasteiger partial charge in [0.1, 0.15) is 17.1 Å². The summed E-state index contributed by atoms with van der Waals surface area (Å²) in [5, 5.41) is 10.8. The second-order valence-corrected chi connectivity index (χ2v) is 5.11. The maximum Gasteiger partial charge on any atom is 0.289 e. The number of hydrogen-bond acceptors (Lipinski definition) is 4. The summed E-state index contributed by atoms with van der Waals surface area (Å²) in [7, 11) is 3.50. The molecule has 24 heavy (non-hydrogen) atoms. The molecule has 0 radical (unpaired) electrons. The van der Waals surface area contributed by atoms with Crippen molar-refractivity contribution in [3.05, 3.63) is 59.9 Å². The Bertz CT molecular complexity index is 879. The number of amides is 1. The Balaban J connectivity index is 1.69. The SMILES string of the molecule is COc1ccccc1C=NNC(=O)c1cc(-c2cccn2C)n[nH]1. The number of aromatic nitrogens is 3. The summed E-state index contributed by atoms with van der Waals surface area (Å²) in [5.74, 6) is 0.317. The van der Waals surface area contributed by atoms with Gasteiger partial charge in [0.05, 0.1) is 19.0 Å². The van der Waals surface area contributed by atoms with E-state index in [-0.39, 0.29) is 5.91 Å². The molecule has 1 aromatic carbocycles. The van der Waals surface area contributed by atoms with Crippen molar-refractivity contribution in [2.75, 3.05) is 7.11 Å². The van der Waals surface area contributed by atoms with Gasteiger partial charge in [0, 0.05) is 18.8 Å². The van der Waals surface area contributed by atoms with Crippen LogP contribution in [0.15, 0.2) is 53.8 Å². The number of carbonyl (C=O) groups excluding carboxylic acids is 1. The molecule has 0 saturated carbocycles. The number of rotatable bonds is 5. The van der Waals surface area contributed by atoms with Crippen LogP contribution in [0, 0.1) is 0 Å². The van der Waals surface area contributed by atoms with Crippen molar-refractivity contribution in [2.45, 2.75) is 0 Å². The van der Waals surface area contributed by atoms with E-state index in [1.165, 1.54) is 6.21 Å². The lowest BCUT2D eigenvalue weighted by Crippen LogP contribution is -2.18. The highest BCUT2D eigenvalue weighted by atomic mass is 16.5. The minimum atomic E-state index is -0.367. The van der Waals surface area contributed by atoms with Crippen molar-refractivity contribution in [2.24, 2.45) is 12.1 Å². The van der Waals surface area contributed by atoms with Gasteiger partial charge >= 0.3 is 0 Å². The predicted octanol–water partition coefficient (Wildman–Crippen LogP) is 2.19. The second kappa shape index (κ2) is 6.82. The van der Waals surface area contributed by atoms with Gasteiger partial charge in [-0.25, -0.2) is 5.43 Å². The van der Waals surface area contributed by atoms with Crippen LogP contribution < -0.4 is 10.2 Å². The number of aromatic amines is 1. The highest BCUT2D eigenvalue weighted by Gasteiger charge is 2.11. The topological polar surface area (TPSA) is 84.3 Å². The Kier molecular flexibility index (Phi) is 4.42. The zero-order valence-electron chi connectivity index (χ0n) is 13.4. The number of H-pyrrole nitrogens is 1. The Morgan fingerprint density at radius 2 is 2.17 bits per heavy atom. The van der Waals surface area contributed by atoms with Crippen molar-refractivity contribution in [3.8, 4) is 17.1 Å². The maximum atomic E-state index is 12.1. The molecule has 3 rings (SSSR count). The largest absolute Gasteiger partial charge is 0.496 e. The van der Waals surface area contributed by atoms with Gasteiger partial charge < -0.3 is 9.30 Å². The number of carbonyl (C=O) groups is 1. The molecule has 1 amide bonds. The van der Waals surface area contributed by atoms with Crippen LogP contribution in [-0.2, 0) is 7.05 Å². The molecule has 7 heteroatoms. The molecule has 0 atom stereocenters. The molecule has 0 aliphatic heterocycles. The summed E-state index contributed by atoms with van der Waals surface area (Å²) in [5.41, 5.74) is 5.19. The number of ether oxygens (including phenoxy) is 1. The quantitative estimate of drug-likeness (QED) is 0.557. The average molecular weight is 323 g/mol. The van der Waals surface area contributed by atoms with E-state index in [9.17, 15) is 4.79 Å². The fourth-order valence-electron chi connectivity index (χ4n) is 2.29. The van der Waals surface area contributed by atoms with Crippen molar-refractivity contribution in [1.29, 1.82) is 0 Å². The van der Waals surface area contributed by atoms with Crippen LogP contribution in [0.3, 0.4) is 0 Å². The molecule has 0 aliphatic carbocycles. The summed E-state index contributed by atoms with van der Waals surface area (Å²) in [6.07, 6.45) is 3.45. The fourth-order valence-corrected chi connectivity index (χ4v) is 2.29. The summed E-state index contributed by atoms with van der Waals surface area (Å²) < 4.78 is 7.15. The van der Waals surface area contributed by atoms with Crippen LogP contribution in [0.25, 0.3) is 11.4 Å². The van der Waals surface area contributed by atoms with Crippen LogP contribution in [-0.4, -0.2) is 34.0 Å². The molecule has 0 fully saturated rings. The van der Waals surface area contributed by atoms with Gasteiger partial charge in [0.25, 0.3) is 5.91 Å². The molecule has 2 heterocycles. The summed E-state index contributed by atoms with van der Waals surface area (Å²) in [4.78, 5) is 12.1. The van der Waals surface area contributed by atoms with Gasteiger partial charge in [-0.1, -0.05) is 12.1 Å². The number of aryl methyl sites for hydroxylation is 1. The molecule has 0 aliphatic rings. The molecule has 2 N–H and O–H groups in total. The first-order valence-electron chi connectivity index (χ1n) is 7.32. The lowest BCUT2D eigenvalue weighted by molar-refractivity contribution is 0.0950. The van der Waals surface area contributed by atoms with E-state index < -0.39 is 0 Å². The Morgan fingerprint density at radius 3 is 2.92 bits per heavy atom. The number of hydrogen-bond donors (Lipinski definition) is 2. The predicted molar refractivity (Wildman–Crippen MR) is 91.0 cm³/mol. The van der Waals surface area contributed by atoms with Crippen LogP contribution in [0.1, 0.15) is 16.1 Å². The van der Waals surface area contributed by atoms with E-state index in [4.69, 9.17) is 4.74 Å². The number of hydrazone groups is 1. The molecule has 0 unspecified atom stereocenters. The Morgan fingerprint density at radius 1 is 1.33 bits per heavy atom. The summed E-state index contributed by atoms with van der Waals surface area (Å²) in [6.45, 7) is 0. The monoisotopic (exact) mass is 323 g/mol. The molecule has 2 aromatic heterocycles. The van der Waals surface area contributed by atoms with E-state index in [1.54, 1.807) is 13.2 Å². The number of nitrogens with one attached hydrogen (secondary N) is 2. The Labute approximate surface area is 139 Å². The number of para-hydroxylation sites is 1. The minimum absolute atomic E-state index is 0.336. The first kappa shape index (κ1) is 15.5. The van der Waals surface area contributed by atoms with E-state index in [2.05, 4.69) is 20.7 Å². The molecule has 122 valence electrons. The summed E-state index contributed by atoms with van der Waals surface area (Å²) >= 11 is 0. The van der Waals surface area contributed by atoms with Crippen molar-refractivity contribution in [3.63, 3.8) is 0 Å². The third kappa shape index (κ3) is 3.19. The fraction of sp³-hybridized carbons (Fsp3) is 0.118. The third-order valence-electron chi connectivity index (χ3n) is 3.54. The third-order valence-corrected chi connectivity index (χ3v) is 3.54. The first-order valence-corrected chi connectivity index (χ1v) is 7.32. The maximum absolute atomic E-state index is 12.1. The van der Waals surface area contributed by atoms with E-state index in [1.807, 2.05) is 54.2 Å². The van der Waals surface area contributed by atoms with E-state index >= 15 is 0 Å².